The molecule has 0 aliphatic heterocycles. The average Bonchev–Trinajstić information content (AvgIpc) is 2.94. The molecule has 2 aromatic heterocycles. The lowest BCUT2D eigenvalue weighted by Gasteiger charge is -2.12. The molecule has 0 aliphatic rings. The van der Waals surface area contributed by atoms with Crippen molar-refractivity contribution in [1.29, 1.82) is 0 Å². The predicted molar refractivity (Wildman–Crippen MR) is 81.5 cm³/mol. The van der Waals surface area contributed by atoms with Crippen LogP contribution in [0.3, 0.4) is 0 Å². The van der Waals surface area contributed by atoms with Gasteiger partial charge in [0.1, 0.15) is 17.3 Å². The summed E-state index contributed by atoms with van der Waals surface area (Å²) < 4.78 is 5.82. The van der Waals surface area contributed by atoms with Crippen LogP contribution >= 0.6 is 11.3 Å². The van der Waals surface area contributed by atoms with Crippen LogP contribution in [0.15, 0.2) is 41.8 Å². The Bertz CT molecular complexity index is 711. The van der Waals surface area contributed by atoms with E-state index in [9.17, 15) is 0 Å². The molecule has 0 bridgehead atoms. The predicted octanol–water partition coefficient (Wildman–Crippen LogP) is 3.55. The Labute approximate surface area is 121 Å². The fourth-order valence-electron chi connectivity index (χ4n) is 2.01. The van der Waals surface area contributed by atoms with Crippen LogP contribution in [0.25, 0.3) is 10.2 Å². The minimum absolute atomic E-state index is 0.0000529. The number of anilines is 1. The van der Waals surface area contributed by atoms with E-state index in [2.05, 4.69) is 9.97 Å². The van der Waals surface area contributed by atoms with E-state index in [1.54, 1.807) is 11.3 Å². The average molecular weight is 285 g/mol. The number of hydrogen-bond acceptors (Lipinski definition) is 5. The SMILES string of the molecule is CC(OCc1nc(N)c2ccsc2n1)c1ccccc1. The molecule has 0 aliphatic carbocycles. The van der Waals surface area contributed by atoms with E-state index in [0.29, 0.717) is 18.2 Å². The number of benzene rings is 1. The molecule has 0 saturated carbocycles. The van der Waals surface area contributed by atoms with E-state index in [0.717, 1.165) is 15.8 Å². The molecule has 0 spiro atoms. The molecule has 0 saturated heterocycles. The second kappa shape index (κ2) is 5.56. The van der Waals surface area contributed by atoms with Crippen molar-refractivity contribution in [2.24, 2.45) is 0 Å². The van der Waals surface area contributed by atoms with E-state index in [-0.39, 0.29) is 6.10 Å². The van der Waals surface area contributed by atoms with Gasteiger partial charge >= 0.3 is 0 Å². The molecule has 3 aromatic rings. The van der Waals surface area contributed by atoms with Crippen molar-refractivity contribution >= 4 is 27.4 Å². The fraction of sp³-hybridized carbons (Fsp3) is 0.200. The van der Waals surface area contributed by atoms with Crippen LogP contribution in [0.2, 0.25) is 0 Å². The van der Waals surface area contributed by atoms with Crippen molar-refractivity contribution in [3.05, 3.63) is 53.2 Å². The molecular formula is C15H15N3OS. The zero-order valence-corrected chi connectivity index (χ0v) is 11.9. The molecule has 0 amide bonds. The van der Waals surface area contributed by atoms with Crippen molar-refractivity contribution in [2.45, 2.75) is 19.6 Å². The Hall–Kier alpha value is -1.98. The number of aromatic nitrogens is 2. The van der Waals surface area contributed by atoms with Gasteiger partial charge in [0.25, 0.3) is 0 Å². The molecule has 5 heteroatoms. The van der Waals surface area contributed by atoms with E-state index < -0.39 is 0 Å². The summed E-state index contributed by atoms with van der Waals surface area (Å²) in [6, 6.07) is 12.0. The lowest BCUT2D eigenvalue weighted by molar-refractivity contribution is 0.0486. The smallest absolute Gasteiger partial charge is 0.158 e. The first kappa shape index (κ1) is 13.0. The van der Waals surface area contributed by atoms with Gasteiger partial charge < -0.3 is 10.5 Å². The second-order valence-electron chi connectivity index (χ2n) is 4.53. The molecule has 2 N–H and O–H groups in total. The Morgan fingerprint density at radius 2 is 2.00 bits per heavy atom. The normalized spacial score (nSPS) is 12.7. The summed E-state index contributed by atoms with van der Waals surface area (Å²) in [5, 5.41) is 2.88. The highest BCUT2D eigenvalue weighted by Gasteiger charge is 2.09. The quantitative estimate of drug-likeness (QED) is 0.796. The summed E-state index contributed by atoms with van der Waals surface area (Å²) in [7, 11) is 0. The number of nitrogen functional groups attached to an aromatic ring is 1. The molecule has 1 atom stereocenters. The van der Waals surface area contributed by atoms with E-state index >= 15 is 0 Å². The van der Waals surface area contributed by atoms with Crippen molar-refractivity contribution in [3.8, 4) is 0 Å². The molecule has 102 valence electrons. The Kier molecular flexibility index (Phi) is 3.62. The van der Waals surface area contributed by atoms with Crippen LogP contribution in [-0.4, -0.2) is 9.97 Å². The van der Waals surface area contributed by atoms with Crippen LogP contribution in [0.1, 0.15) is 24.4 Å². The van der Waals surface area contributed by atoms with Crippen molar-refractivity contribution in [1.82, 2.24) is 9.97 Å². The first-order valence-corrected chi connectivity index (χ1v) is 7.28. The van der Waals surface area contributed by atoms with Gasteiger partial charge in [0.15, 0.2) is 5.82 Å². The molecule has 4 nitrogen and oxygen atoms in total. The summed E-state index contributed by atoms with van der Waals surface area (Å²) in [4.78, 5) is 9.66. The monoisotopic (exact) mass is 285 g/mol. The van der Waals surface area contributed by atoms with Crippen molar-refractivity contribution in [2.75, 3.05) is 5.73 Å². The summed E-state index contributed by atoms with van der Waals surface area (Å²) in [5.41, 5.74) is 7.06. The molecule has 20 heavy (non-hydrogen) atoms. The third kappa shape index (κ3) is 2.64. The van der Waals surface area contributed by atoms with Gasteiger partial charge in [0.05, 0.1) is 11.5 Å². The van der Waals surface area contributed by atoms with Gasteiger partial charge in [-0.1, -0.05) is 30.3 Å². The van der Waals surface area contributed by atoms with Gasteiger partial charge in [-0.15, -0.1) is 11.3 Å². The van der Waals surface area contributed by atoms with Crippen molar-refractivity contribution < 1.29 is 4.74 Å². The topological polar surface area (TPSA) is 61.0 Å². The fourth-order valence-corrected chi connectivity index (χ4v) is 2.80. The number of nitrogens with zero attached hydrogens (tertiary/aromatic N) is 2. The third-order valence-electron chi connectivity index (χ3n) is 3.13. The number of thiophene rings is 1. The maximum absolute atomic E-state index is 5.92. The van der Waals surface area contributed by atoms with E-state index in [1.807, 2.05) is 48.7 Å². The third-order valence-corrected chi connectivity index (χ3v) is 3.94. The van der Waals surface area contributed by atoms with Crippen LogP contribution in [0, 0.1) is 0 Å². The Morgan fingerprint density at radius 1 is 1.20 bits per heavy atom. The summed E-state index contributed by atoms with van der Waals surface area (Å²) in [5.74, 6) is 1.14. The lowest BCUT2D eigenvalue weighted by atomic mass is 10.1. The first-order valence-electron chi connectivity index (χ1n) is 6.40. The first-order chi connectivity index (χ1) is 9.74. The summed E-state index contributed by atoms with van der Waals surface area (Å²) in [6.07, 6.45) is 0.0000529. The molecule has 0 radical (unpaired) electrons. The number of fused-ring (bicyclic) bond motifs is 1. The molecule has 3 rings (SSSR count). The number of nitrogens with two attached hydrogens (primary N) is 1. The van der Waals surface area contributed by atoms with Crippen LogP contribution in [-0.2, 0) is 11.3 Å². The molecule has 2 heterocycles. The summed E-state index contributed by atoms with van der Waals surface area (Å²) in [6.45, 7) is 2.37. The highest BCUT2D eigenvalue weighted by Crippen LogP contribution is 2.24. The Balaban J connectivity index is 1.73. The van der Waals surface area contributed by atoms with Gasteiger partial charge in [-0.05, 0) is 23.9 Å². The van der Waals surface area contributed by atoms with Gasteiger partial charge in [-0.25, -0.2) is 9.97 Å². The number of ether oxygens (including phenoxy) is 1. The highest BCUT2D eigenvalue weighted by molar-refractivity contribution is 7.16. The lowest BCUT2D eigenvalue weighted by Crippen LogP contribution is -2.05. The van der Waals surface area contributed by atoms with Crippen LogP contribution in [0.5, 0.6) is 0 Å². The van der Waals surface area contributed by atoms with Gasteiger partial charge in [0.2, 0.25) is 0 Å². The van der Waals surface area contributed by atoms with E-state index in [4.69, 9.17) is 10.5 Å². The minimum Gasteiger partial charge on any atom is -0.383 e. The van der Waals surface area contributed by atoms with Gasteiger partial charge in [-0.3, -0.25) is 0 Å². The molecule has 1 aromatic carbocycles. The largest absolute Gasteiger partial charge is 0.383 e. The standard InChI is InChI=1S/C15H15N3OS/c1-10(11-5-3-2-4-6-11)19-9-13-17-14(16)12-7-8-20-15(12)18-13/h2-8,10H,9H2,1H3,(H2,16,17,18). The van der Waals surface area contributed by atoms with E-state index in [1.165, 1.54) is 0 Å². The molecule has 0 fully saturated rings. The Morgan fingerprint density at radius 3 is 2.80 bits per heavy atom. The summed E-state index contributed by atoms with van der Waals surface area (Å²) >= 11 is 1.56. The van der Waals surface area contributed by atoms with Crippen LogP contribution < -0.4 is 5.73 Å². The second-order valence-corrected chi connectivity index (χ2v) is 5.42. The number of hydrogen-bond donors (Lipinski definition) is 1. The molecular weight excluding hydrogens is 270 g/mol. The highest BCUT2D eigenvalue weighted by atomic mass is 32.1. The van der Waals surface area contributed by atoms with Crippen LogP contribution in [0.4, 0.5) is 5.82 Å². The zero-order chi connectivity index (χ0) is 13.9. The molecule has 1 unspecified atom stereocenters. The minimum atomic E-state index is 0.0000529. The van der Waals surface area contributed by atoms with Gasteiger partial charge in [0, 0.05) is 0 Å². The van der Waals surface area contributed by atoms with Crippen molar-refractivity contribution in [3.63, 3.8) is 0 Å². The zero-order valence-electron chi connectivity index (χ0n) is 11.1. The maximum atomic E-state index is 5.92. The van der Waals surface area contributed by atoms with Gasteiger partial charge in [-0.2, -0.15) is 0 Å². The number of rotatable bonds is 4. The maximum Gasteiger partial charge on any atom is 0.158 e.